The van der Waals surface area contributed by atoms with E-state index in [-0.39, 0.29) is 11.8 Å². The minimum Gasteiger partial charge on any atom is -0.480 e. The van der Waals surface area contributed by atoms with Gasteiger partial charge < -0.3 is 15.4 Å². The maximum absolute atomic E-state index is 12.7. The Bertz CT molecular complexity index is 771. The third-order valence-electron chi connectivity index (χ3n) is 4.47. The van der Waals surface area contributed by atoms with Gasteiger partial charge in [0.1, 0.15) is 5.75 Å². The summed E-state index contributed by atoms with van der Waals surface area (Å²) in [6.45, 7) is 7.67. The minimum atomic E-state index is -0.578. The van der Waals surface area contributed by atoms with Crippen LogP contribution in [0.2, 0.25) is 0 Å². The Morgan fingerprint density at radius 1 is 0.926 bits per heavy atom. The Balaban J connectivity index is 2.07. The maximum atomic E-state index is 12.7. The van der Waals surface area contributed by atoms with Crippen molar-refractivity contribution in [2.24, 2.45) is 0 Å². The van der Waals surface area contributed by atoms with Crippen LogP contribution in [-0.2, 0) is 9.59 Å². The molecule has 0 saturated heterocycles. The first-order valence-corrected chi connectivity index (χ1v) is 9.38. The van der Waals surface area contributed by atoms with Crippen LogP contribution < -0.4 is 15.4 Å². The summed E-state index contributed by atoms with van der Waals surface area (Å²) in [6, 6.07) is 14.9. The smallest absolute Gasteiger partial charge is 0.265 e. The molecular formula is C22H28N2O3. The molecule has 2 aromatic carbocycles. The predicted molar refractivity (Wildman–Crippen MR) is 109 cm³/mol. The molecule has 0 aliphatic heterocycles. The Morgan fingerprint density at radius 3 is 2.07 bits per heavy atom. The van der Waals surface area contributed by atoms with E-state index in [0.29, 0.717) is 23.7 Å². The molecule has 0 spiro atoms. The van der Waals surface area contributed by atoms with Gasteiger partial charge in [0.05, 0.1) is 0 Å². The number of hydrogen-bond acceptors (Lipinski definition) is 3. The van der Waals surface area contributed by atoms with Crippen LogP contribution in [0, 0.1) is 0 Å². The summed E-state index contributed by atoms with van der Waals surface area (Å²) in [5, 5.41) is 5.58. The van der Waals surface area contributed by atoms with E-state index in [9.17, 15) is 9.59 Å². The van der Waals surface area contributed by atoms with Gasteiger partial charge in [-0.3, -0.25) is 9.59 Å². The van der Waals surface area contributed by atoms with Crippen LogP contribution >= 0.6 is 0 Å². The van der Waals surface area contributed by atoms with E-state index >= 15 is 0 Å². The van der Waals surface area contributed by atoms with Crippen LogP contribution in [0.25, 0.3) is 0 Å². The number of ether oxygens (including phenoxy) is 1. The van der Waals surface area contributed by atoms with Gasteiger partial charge in [-0.1, -0.05) is 39.0 Å². The minimum absolute atomic E-state index is 0.133. The fourth-order valence-corrected chi connectivity index (χ4v) is 2.75. The van der Waals surface area contributed by atoms with Gasteiger partial charge in [-0.15, -0.1) is 0 Å². The second-order valence-electron chi connectivity index (χ2n) is 6.61. The maximum Gasteiger partial charge on any atom is 0.265 e. The van der Waals surface area contributed by atoms with Crippen molar-refractivity contribution in [1.82, 2.24) is 0 Å². The van der Waals surface area contributed by atoms with Gasteiger partial charge in [-0.05, 0) is 54.7 Å². The molecule has 0 radical (unpaired) electrons. The number of hydrogen-bond donors (Lipinski definition) is 2. The van der Waals surface area contributed by atoms with Crippen molar-refractivity contribution < 1.29 is 14.3 Å². The summed E-state index contributed by atoms with van der Waals surface area (Å²) < 4.78 is 6.06. The van der Waals surface area contributed by atoms with E-state index in [1.807, 2.05) is 25.1 Å². The highest BCUT2D eigenvalue weighted by Crippen LogP contribution is 2.29. The summed E-state index contributed by atoms with van der Waals surface area (Å²) >= 11 is 0. The number of rotatable bonds is 8. The molecule has 0 saturated carbocycles. The molecule has 5 heteroatoms. The lowest BCUT2D eigenvalue weighted by Crippen LogP contribution is -2.32. The Morgan fingerprint density at radius 2 is 1.52 bits per heavy atom. The SMILES string of the molecule is CCC(Oc1ccccc1C(C)CC)C(=O)Nc1ccc(NC(C)=O)cc1. The first-order chi connectivity index (χ1) is 12.9. The van der Waals surface area contributed by atoms with Crippen molar-refractivity contribution in [3.63, 3.8) is 0 Å². The second kappa shape index (κ2) is 9.76. The zero-order chi connectivity index (χ0) is 19.8. The van der Waals surface area contributed by atoms with E-state index in [1.54, 1.807) is 24.3 Å². The van der Waals surface area contributed by atoms with Crippen LogP contribution in [0.15, 0.2) is 48.5 Å². The van der Waals surface area contributed by atoms with Crippen molar-refractivity contribution in [3.8, 4) is 5.75 Å². The van der Waals surface area contributed by atoms with Gasteiger partial charge in [-0.25, -0.2) is 0 Å². The third kappa shape index (κ3) is 5.84. The van der Waals surface area contributed by atoms with Crippen LogP contribution in [0.5, 0.6) is 5.75 Å². The molecule has 0 aliphatic carbocycles. The van der Waals surface area contributed by atoms with E-state index in [4.69, 9.17) is 4.74 Å². The Kier molecular flexibility index (Phi) is 7.41. The molecule has 144 valence electrons. The standard InChI is InChI=1S/C22H28N2O3/c1-5-15(3)19-9-7-8-10-21(19)27-20(6-2)22(26)24-18-13-11-17(12-14-18)23-16(4)25/h7-15,20H,5-6H2,1-4H3,(H,23,25)(H,24,26). The zero-order valence-electron chi connectivity index (χ0n) is 16.4. The first-order valence-electron chi connectivity index (χ1n) is 9.38. The summed E-state index contributed by atoms with van der Waals surface area (Å²) in [5.41, 5.74) is 2.46. The van der Waals surface area contributed by atoms with E-state index in [2.05, 4.69) is 30.5 Å². The lowest BCUT2D eigenvalue weighted by molar-refractivity contribution is -0.122. The van der Waals surface area contributed by atoms with Crippen LogP contribution in [-0.4, -0.2) is 17.9 Å². The molecule has 0 fully saturated rings. The molecule has 2 N–H and O–H groups in total. The Hall–Kier alpha value is -2.82. The van der Waals surface area contributed by atoms with Crippen molar-refractivity contribution in [2.75, 3.05) is 10.6 Å². The number of amides is 2. The van der Waals surface area contributed by atoms with Gasteiger partial charge >= 0.3 is 0 Å². The fraction of sp³-hybridized carbons (Fsp3) is 0.364. The number of para-hydroxylation sites is 1. The highest BCUT2D eigenvalue weighted by molar-refractivity contribution is 5.95. The third-order valence-corrected chi connectivity index (χ3v) is 4.47. The molecule has 5 nitrogen and oxygen atoms in total. The normalized spacial score (nSPS) is 12.7. The molecule has 2 aromatic rings. The largest absolute Gasteiger partial charge is 0.480 e. The van der Waals surface area contributed by atoms with Gasteiger partial charge in [0, 0.05) is 18.3 Å². The molecule has 2 unspecified atom stereocenters. The number of anilines is 2. The van der Waals surface area contributed by atoms with Crippen molar-refractivity contribution in [3.05, 3.63) is 54.1 Å². The van der Waals surface area contributed by atoms with Gasteiger partial charge in [0.15, 0.2) is 6.10 Å². The highest BCUT2D eigenvalue weighted by Gasteiger charge is 2.21. The number of carbonyl (C=O) groups excluding carboxylic acids is 2. The average Bonchev–Trinajstić information content (AvgIpc) is 2.66. The molecule has 0 aromatic heterocycles. The Labute approximate surface area is 161 Å². The topological polar surface area (TPSA) is 67.4 Å². The first kappa shape index (κ1) is 20.5. The van der Waals surface area contributed by atoms with Crippen LogP contribution in [0.4, 0.5) is 11.4 Å². The van der Waals surface area contributed by atoms with Crippen molar-refractivity contribution in [1.29, 1.82) is 0 Å². The highest BCUT2D eigenvalue weighted by atomic mass is 16.5. The van der Waals surface area contributed by atoms with Crippen molar-refractivity contribution >= 4 is 23.2 Å². The van der Waals surface area contributed by atoms with Crippen LogP contribution in [0.1, 0.15) is 52.0 Å². The predicted octanol–water partition coefficient (Wildman–Crippen LogP) is 4.95. The zero-order valence-corrected chi connectivity index (χ0v) is 16.4. The molecule has 0 aliphatic rings. The van der Waals surface area contributed by atoms with E-state index in [0.717, 1.165) is 17.7 Å². The van der Waals surface area contributed by atoms with E-state index < -0.39 is 6.10 Å². The summed E-state index contributed by atoms with van der Waals surface area (Å²) in [6.07, 6.45) is 0.986. The monoisotopic (exact) mass is 368 g/mol. The summed E-state index contributed by atoms with van der Waals surface area (Å²) in [5.74, 6) is 0.799. The molecule has 2 atom stereocenters. The molecule has 2 amide bonds. The molecule has 27 heavy (non-hydrogen) atoms. The van der Waals surface area contributed by atoms with Gasteiger partial charge in [-0.2, -0.15) is 0 Å². The average molecular weight is 368 g/mol. The van der Waals surface area contributed by atoms with Crippen LogP contribution in [0.3, 0.4) is 0 Å². The van der Waals surface area contributed by atoms with Gasteiger partial charge in [0.2, 0.25) is 5.91 Å². The fourth-order valence-electron chi connectivity index (χ4n) is 2.75. The lowest BCUT2D eigenvalue weighted by atomic mass is 9.98. The van der Waals surface area contributed by atoms with Crippen molar-refractivity contribution in [2.45, 2.75) is 52.6 Å². The second-order valence-corrected chi connectivity index (χ2v) is 6.61. The molecule has 0 heterocycles. The summed E-state index contributed by atoms with van der Waals surface area (Å²) in [4.78, 5) is 23.7. The number of carbonyl (C=O) groups is 2. The number of nitrogens with one attached hydrogen (secondary N) is 2. The molecular weight excluding hydrogens is 340 g/mol. The molecule has 0 bridgehead atoms. The summed E-state index contributed by atoms with van der Waals surface area (Å²) in [7, 11) is 0. The number of benzene rings is 2. The van der Waals surface area contributed by atoms with Gasteiger partial charge in [0.25, 0.3) is 5.91 Å². The van der Waals surface area contributed by atoms with E-state index in [1.165, 1.54) is 6.92 Å². The molecule has 2 rings (SSSR count). The lowest BCUT2D eigenvalue weighted by Gasteiger charge is -2.21. The quantitative estimate of drug-likeness (QED) is 0.692.